The van der Waals surface area contributed by atoms with Gasteiger partial charge in [0.05, 0.1) is 24.5 Å². The van der Waals surface area contributed by atoms with Crippen LogP contribution in [0.3, 0.4) is 0 Å². The molecular formula is C24H28N4O3. The first-order chi connectivity index (χ1) is 15.0. The molecule has 3 heterocycles. The van der Waals surface area contributed by atoms with Crippen LogP contribution in [0, 0.1) is 0 Å². The molecule has 0 amide bonds. The highest BCUT2D eigenvalue weighted by molar-refractivity contribution is 5.70. The number of hydrogen-bond donors (Lipinski definition) is 2. The van der Waals surface area contributed by atoms with Gasteiger partial charge in [-0.25, -0.2) is 0 Å². The number of ether oxygens (including phenoxy) is 1. The summed E-state index contributed by atoms with van der Waals surface area (Å²) in [5.41, 5.74) is 4.90. The third-order valence-corrected chi connectivity index (χ3v) is 6.26. The smallest absolute Gasteiger partial charge is 0.172 e. The topological polar surface area (TPSA) is 83.6 Å². The first-order valence-corrected chi connectivity index (χ1v) is 11.0. The Kier molecular flexibility index (Phi) is 5.06. The second-order valence-electron chi connectivity index (χ2n) is 8.62. The second kappa shape index (κ2) is 7.89. The molecule has 0 unspecified atom stereocenters. The van der Waals surface area contributed by atoms with Gasteiger partial charge in [0.25, 0.3) is 0 Å². The number of fused-ring (bicyclic) bond motifs is 3. The van der Waals surface area contributed by atoms with E-state index in [-0.39, 0.29) is 17.4 Å². The average molecular weight is 421 g/mol. The van der Waals surface area contributed by atoms with Crippen molar-refractivity contribution in [1.82, 2.24) is 14.8 Å². The summed E-state index contributed by atoms with van der Waals surface area (Å²) in [6.07, 6.45) is 2.79. The van der Waals surface area contributed by atoms with Gasteiger partial charge in [-0.2, -0.15) is 0 Å². The Morgan fingerprint density at radius 3 is 2.55 bits per heavy atom. The van der Waals surface area contributed by atoms with Crippen LogP contribution in [-0.4, -0.2) is 51.3 Å². The van der Waals surface area contributed by atoms with E-state index in [4.69, 9.17) is 4.74 Å². The van der Waals surface area contributed by atoms with Gasteiger partial charge in [-0.1, -0.05) is 13.8 Å². The van der Waals surface area contributed by atoms with Crippen LogP contribution >= 0.6 is 0 Å². The number of aromatic hydroxyl groups is 2. The van der Waals surface area contributed by atoms with Crippen LogP contribution in [0.5, 0.6) is 11.5 Å². The zero-order valence-electron chi connectivity index (χ0n) is 18.0. The Hall–Kier alpha value is -3.06. The molecular weight excluding hydrogens is 392 g/mol. The fourth-order valence-electron chi connectivity index (χ4n) is 4.59. The van der Waals surface area contributed by atoms with Crippen molar-refractivity contribution in [3.63, 3.8) is 0 Å². The number of phenolic OH excluding ortho intramolecular Hbond substituents is 2. The van der Waals surface area contributed by atoms with Gasteiger partial charge in [-0.15, -0.1) is 10.2 Å². The molecule has 7 heteroatoms. The summed E-state index contributed by atoms with van der Waals surface area (Å²) in [4.78, 5) is 2.36. The third kappa shape index (κ3) is 3.53. The summed E-state index contributed by atoms with van der Waals surface area (Å²) < 4.78 is 7.57. The van der Waals surface area contributed by atoms with Crippen molar-refractivity contribution in [2.45, 2.75) is 39.0 Å². The molecule has 2 N–H and O–H groups in total. The minimum Gasteiger partial charge on any atom is -0.508 e. The second-order valence-corrected chi connectivity index (χ2v) is 8.62. The minimum absolute atomic E-state index is 0.00725. The fraction of sp³-hybridized carbons (Fsp3) is 0.417. The average Bonchev–Trinajstić information content (AvgIpc) is 3.08. The molecule has 7 nitrogen and oxygen atoms in total. The molecule has 2 aliphatic rings. The van der Waals surface area contributed by atoms with Gasteiger partial charge in [-0.05, 0) is 54.2 Å². The van der Waals surface area contributed by atoms with E-state index in [1.165, 1.54) is 17.3 Å². The third-order valence-electron chi connectivity index (χ3n) is 6.26. The molecule has 1 saturated heterocycles. The van der Waals surface area contributed by atoms with Crippen molar-refractivity contribution in [3.8, 4) is 28.6 Å². The van der Waals surface area contributed by atoms with Crippen molar-refractivity contribution in [2.75, 3.05) is 31.2 Å². The number of anilines is 1. The molecule has 5 rings (SSSR count). The normalized spacial score (nSPS) is 16.2. The molecule has 2 aromatic carbocycles. The van der Waals surface area contributed by atoms with Gasteiger partial charge in [0.15, 0.2) is 5.82 Å². The summed E-state index contributed by atoms with van der Waals surface area (Å²) >= 11 is 0. The van der Waals surface area contributed by atoms with Gasteiger partial charge in [0, 0.05) is 31.3 Å². The van der Waals surface area contributed by atoms with E-state index in [2.05, 4.69) is 37.9 Å². The highest BCUT2D eigenvalue weighted by atomic mass is 16.5. The maximum absolute atomic E-state index is 10.6. The quantitative estimate of drug-likeness (QED) is 0.671. The molecule has 0 atom stereocenters. The zero-order valence-corrected chi connectivity index (χ0v) is 18.0. The van der Waals surface area contributed by atoms with Crippen molar-refractivity contribution in [3.05, 3.63) is 47.3 Å². The van der Waals surface area contributed by atoms with Gasteiger partial charge >= 0.3 is 0 Å². The number of rotatable bonds is 3. The van der Waals surface area contributed by atoms with Gasteiger partial charge < -0.3 is 19.8 Å². The fourth-order valence-corrected chi connectivity index (χ4v) is 4.59. The zero-order chi connectivity index (χ0) is 21.5. The molecule has 0 aliphatic carbocycles. The van der Waals surface area contributed by atoms with E-state index >= 15 is 0 Å². The Balaban J connectivity index is 1.63. The van der Waals surface area contributed by atoms with Crippen LogP contribution in [0.25, 0.3) is 17.1 Å². The van der Waals surface area contributed by atoms with E-state index in [1.807, 2.05) is 19.9 Å². The van der Waals surface area contributed by atoms with Gasteiger partial charge in [-0.3, -0.25) is 4.57 Å². The molecule has 0 spiro atoms. The molecule has 2 aliphatic heterocycles. The molecule has 1 aromatic heterocycles. The summed E-state index contributed by atoms with van der Waals surface area (Å²) in [7, 11) is 0. The predicted octanol–water partition coefficient (Wildman–Crippen LogP) is 3.79. The maximum Gasteiger partial charge on any atom is 0.172 e. The Morgan fingerprint density at radius 2 is 1.77 bits per heavy atom. The highest BCUT2D eigenvalue weighted by Crippen LogP contribution is 2.39. The number of aromatic nitrogens is 3. The maximum atomic E-state index is 10.6. The van der Waals surface area contributed by atoms with Gasteiger partial charge in [0.2, 0.25) is 0 Å². The highest BCUT2D eigenvalue weighted by Gasteiger charge is 2.24. The lowest BCUT2D eigenvalue weighted by Crippen LogP contribution is -2.36. The van der Waals surface area contributed by atoms with Crippen LogP contribution in [0.4, 0.5) is 5.69 Å². The summed E-state index contributed by atoms with van der Waals surface area (Å²) in [6.45, 7) is 7.36. The van der Waals surface area contributed by atoms with Crippen molar-refractivity contribution in [1.29, 1.82) is 0 Å². The summed E-state index contributed by atoms with van der Waals surface area (Å²) in [5.74, 6) is 1.73. The van der Waals surface area contributed by atoms with Crippen molar-refractivity contribution >= 4 is 5.69 Å². The first kappa shape index (κ1) is 19.9. The number of phenols is 2. The van der Waals surface area contributed by atoms with E-state index in [0.29, 0.717) is 11.4 Å². The monoisotopic (exact) mass is 420 g/mol. The first-order valence-electron chi connectivity index (χ1n) is 11.0. The lowest BCUT2D eigenvalue weighted by Gasteiger charge is -2.29. The lowest BCUT2D eigenvalue weighted by molar-refractivity contribution is 0.122. The van der Waals surface area contributed by atoms with Crippen LogP contribution < -0.4 is 4.90 Å². The number of hydrogen-bond acceptors (Lipinski definition) is 6. The van der Waals surface area contributed by atoms with Crippen LogP contribution in [0.1, 0.15) is 43.1 Å². The Morgan fingerprint density at radius 1 is 0.968 bits per heavy atom. The van der Waals surface area contributed by atoms with E-state index < -0.39 is 0 Å². The van der Waals surface area contributed by atoms with Crippen LogP contribution in [0.2, 0.25) is 0 Å². The molecule has 0 saturated carbocycles. The van der Waals surface area contributed by atoms with E-state index in [0.717, 1.165) is 62.6 Å². The largest absolute Gasteiger partial charge is 0.508 e. The number of benzene rings is 2. The lowest BCUT2D eigenvalue weighted by atomic mass is 9.98. The molecule has 162 valence electrons. The Labute approximate surface area is 181 Å². The van der Waals surface area contributed by atoms with Crippen molar-refractivity contribution in [2.24, 2.45) is 0 Å². The molecule has 3 aromatic rings. The molecule has 0 radical (unpaired) electrons. The number of nitrogens with zero attached hydrogens (tertiary/aromatic N) is 4. The van der Waals surface area contributed by atoms with Crippen LogP contribution in [0.15, 0.2) is 30.3 Å². The SMILES string of the molecule is CC(C)c1cc(-c2nnc3n2-c2ccc(N4CCOCC4)cc2CCC3)c(O)cc1O. The predicted molar refractivity (Wildman–Crippen MR) is 119 cm³/mol. The Bertz CT molecular complexity index is 1120. The summed E-state index contributed by atoms with van der Waals surface area (Å²) in [5, 5.41) is 29.8. The number of morpholine rings is 1. The van der Waals surface area contributed by atoms with Crippen molar-refractivity contribution < 1.29 is 14.9 Å². The van der Waals surface area contributed by atoms with E-state index in [1.54, 1.807) is 0 Å². The molecule has 0 bridgehead atoms. The molecule has 1 fully saturated rings. The van der Waals surface area contributed by atoms with Crippen LogP contribution in [-0.2, 0) is 17.6 Å². The number of aryl methyl sites for hydroxylation is 2. The summed E-state index contributed by atoms with van der Waals surface area (Å²) in [6, 6.07) is 9.81. The van der Waals surface area contributed by atoms with E-state index in [9.17, 15) is 10.2 Å². The molecule has 31 heavy (non-hydrogen) atoms. The minimum atomic E-state index is 0.00725. The van der Waals surface area contributed by atoms with Gasteiger partial charge in [0.1, 0.15) is 17.3 Å². The standard InChI is InChI=1S/C24H28N4O3/c1-15(2)18-13-19(22(30)14-21(18)29)24-26-25-23-5-3-4-16-12-17(6-7-20(16)28(23)24)27-8-10-31-11-9-27/h6-7,12-15,29-30H,3-5,8-11H2,1-2H3.